The van der Waals surface area contributed by atoms with Gasteiger partial charge in [-0.1, -0.05) is 194 Å². The highest BCUT2D eigenvalue weighted by molar-refractivity contribution is 6.15. The average Bonchev–Trinajstić information content (AvgIpc) is 4.01. The lowest BCUT2D eigenvalue weighted by Crippen LogP contribution is -2.29. The van der Waals surface area contributed by atoms with Crippen LogP contribution in [0, 0.1) is 0 Å². The Labute approximate surface area is 346 Å². The van der Waals surface area contributed by atoms with Gasteiger partial charge in [-0.05, 0) is 51.9 Å². The number of aliphatic imine (C=N–C) groups is 1. The van der Waals surface area contributed by atoms with Crippen LogP contribution in [0.25, 0.3) is 61.6 Å². The summed E-state index contributed by atoms with van der Waals surface area (Å²) in [4.78, 5) is 12.6. The van der Waals surface area contributed by atoms with E-state index in [9.17, 15) is 0 Å². The SMILES string of the molecule is c1ccc(-c2cccc(-c3ccccc3)c2N2CCN=C2c2cccc(Cc3cccc(-c4nccn4-c4c(-c5ccccc5)cccc4-c4ccccc4)c3)c2)cc1. The third kappa shape index (κ3) is 7.17. The van der Waals surface area contributed by atoms with Gasteiger partial charge in [0.2, 0.25) is 0 Å². The van der Waals surface area contributed by atoms with Gasteiger partial charge in [-0.2, -0.15) is 0 Å². The van der Waals surface area contributed by atoms with Gasteiger partial charge >= 0.3 is 0 Å². The van der Waals surface area contributed by atoms with Gasteiger partial charge in [-0.3, -0.25) is 9.56 Å². The van der Waals surface area contributed by atoms with Crippen LogP contribution < -0.4 is 4.90 Å². The average molecular weight is 759 g/mol. The van der Waals surface area contributed by atoms with Crippen LogP contribution in [-0.2, 0) is 6.42 Å². The number of imidazole rings is 1. The molecule has 1 aliphatic heterocycles. The van der Waals surface area contributed by atoms with E-state index in [1.54, 1.807) is 0 Å². The van der Waals surface area contributed by atoms with Crippen LogP contribution in [0.5, 0.6) is 0 Å². The van der Waals surface area contributed by atoms with Crippen LogP contribution >= 0.6 is 0 Å². The molecule has 9 aromatic rings. The molecule has 1 aliphatic rings. The minimum atomic E-state index is 0.741. The Kier molecular flexibility index (Phi) is 9.79. The molecule has 8 aromatic carbocycles. The van der Waals surface area contributed by atoms with Crippen LogP contribution in [0.2, 0.25) is 0 Å². The highest BCUT2D eigenvalue weighted by Gasteiger charge is 2.26. The first-order chi connectivity index (χ1) is 29.3. The van der Waals surface area contributed by atoms with Crippen LogP contribution in [0.1, 0.15) is 16.7 Å². The third-order valence-corrected chi connectivity index (χ3v) is 11.2. The maximum atomic E-state index is 5.16. The first kappa shape index (κ1) is 35.8. The predicted molar refractivity (Wildman–Crippen MR) is 245 cm³/mol. The largest absolute Gasteiger partial charge is 0.323 e. The lowest BCUT2D eigenvalue weighted by molar-refractivity contribution is 1.02. The fourth-order valence-corrected chi connectivity index (χ4v) is 8.53. The van der Waals surface area contributed by atoms with E-state index >= 15 is 0 Å². The molecule has 0 fully saturated rings. The molecular weight excluding hydrogens is 717 g/mol. The Balaban J connectivity index is 0.994. The van der Waals surface area contributed by atoms with E-state index in [2.05, 4.69) is 222 Å². The van der Waals surface area contributed by atoms with Crippen molar-refractivity contribution >= 4 is 11.5 Å². The summed E-state index contributed by atoms with van der Waals surface area (Å²) < 4.78 is 2.26. The zero-order chi connectivity index (χ0) is 39.4. The molecule has 1 aromatic heterocycles. The third-order valence-electron chi connectivity index (χ3n) is 11.2. The summed E-state index contributed by atoms with van der Waals surface area (Å²) in [5.41, 5.74) is 16.4. The molecule has 59 heavy (non-hydrogen) atoms. The molecule has 0 saturated heterocycles. The second-order valence-electron chi connectivity index (χ2n) is 14.9. The fourth-order valence-electron chi connectivity index (χ4n) is 8.53. The van der Waals surface area contributed by atoms with E-state index in [0.29, 0.717) is 0 Å². The van der Waals surface area contributed by atoms with E-state index in [0.717, 1.165) is 59.1 Å². The molecule has 0 bridgehead atoms. The van der Waals surface area contributed by atoms with Gasteiger partial charge in [0.05, 0.1) is 17.9 Å². The fraction of sp³-hybridized carbons (Fsp3) is 0.0545. The topological polar surface area (TPSA) is 33.4 Å². The molecule has 0 spiro atoms. The minimum absolute atomic E-state index is 0.741. The van der Waals surface area contributed by atoms with Crippen molar-refractivity contribution in [2.24, 2.45) is 4.99 Å². The number of rotatable bonds is 10. The van der Waals surface area contributed by atoms with Crippen molar-refractivity contribution in [1.82, 2.24) is 9.55 Å². The van der Waals surface area contributed by atoms with Gasteiger partial charge < -0.3 is 4.90 Å². The Morgan fingerprint density at radius 3 is 1.34 bits per heavy atom. The van der Waals surface area contributed by atoms with Crippen molar-refractivity contribution in [3.63, 3.8) is 0 Å². The van der Waals surface area contributed by atoms with Gasteiger partial charge in [0.1, 0.15) is 11.7 Å². The second kappa shape index (κ2) is 16.1. The molecule has 0 aliphatic carbocycles. The molecule has 0 N–H and O–H groups in total. The summed E-state index contributed by atoms with van der Waals surface area (Å²) in [7, 11) is 0. The summed E-state index contributed by atoms with van der Waals surface area (Å²) in [5, 5.41) is 0. The normalized spacial score (nSPS) is 12.4. The Bertz CT molecular complexity index is 2780. The number of hydrogen-bond acceptors (Lipinski definition) is 3. The maximum absolute atomic E-state index is 5.16. The Morgan fingerprint density at radius 1 is 0.407 bits per heavy atom. The molecule has 282 valence electrons. The molecule has 10 rings (SSSR count). The van der Waals surface area contributed by atoms with E-state index in [1.807, 2.05) is 6.20 Å². The monoisotopic (exact) mass is 758 g/mol. The van der Waals surface area contributed by atoms with Crippen molar-refractivity contribution in [2.75, 3.05) is 18.0 Å². The molecule has 0 atom stereocenters. The molecule has 4 heteroatoms. The number of benzene rings is 8. The van der Waals surface area contributed by atoms with Gasteiger partial charge in [0.25, 0.3) is 0 Å². The molecule has 2 heterocycles. The van der Waals surface area contributed by atoms with Gasteiger partial charge in [0, 0.05) is 52.3 Å². The van der Waals surface area contributed by atoms with Gasteiger partial charge in [0.15, 0.2) is 0 Å². The van der Waals surface area contributed by atoms with Crippen molar-refractivity contribution in [3.8, 4) is 61.6 Å². The minimum Gasteiger partial charge on any atom is -0.323 e. The summed E-state index contributed by atoms with van der Waals surface area (Å²) in [6.07, 6.45) is 4.78. The van der Waals surface area contributed by atoms with E-state index in [1.165, 1.54) is 50.2 Å². The predicted octanol–water partition coefficient (Wildman–Crippen LogP) is 13.1. The highest BCUT2D eigenvalue weighted by atomic mass is 15.2. The number of amidine groups is 1. The Hall–Kier alpha value is -7.56. The molecule has 0 unspecified atom stereocenters. The van der Waals surface area contributed by atoms with E-state index in [-0.39, 0.29) is 0 Å². The van der Waals surface area contributed by atoms with E-state index < -0.39 is 0 Å². The first-order valence-electron chi connectivity index (χ1n) is 20.3. The van der Waals surface area contributed by atoms with Crippen LogP contribution in [0.4, 0.5) is 5.69 Å². The summed E-state index contributed by atoms with van der Waals surface area (Å²) >= 11 is 0. The van der Waals surface area contributed by atoms with Crippen molar-refractivity contribution in [2.45, 2.75) is 6.42 Å². The maximum Gasteiger partial charge on any atom is 0.144 e. The standard InChI is InChI=1S/C55H42N4/c1-5-19-42(20-6-1)48-29-15-30-49(43-21-7-2-8-22-43)52(48)58-35-33-56-54(58)46-27-13-17-40(38-46)37-41-18-14-28-47(39-41)55-57-34-36-59(55)53-50(44-23-9-3-10-24-44)31-16-32-51(53)45-25-11-4-12-26-45/h1-33,35,38-39H,34,36-37H2. The zero-order valence-corrected chi connectivity index (χ0v) is 32.7. The zero-order valence-electron chi connectivity index (χ0n) is 32.7. The summed E-state index contributed by atoms with van der Waals surface area (Å²) in [6.45, 7) is 1.56. The molecule has 0 saturated carbocycles. The number of aromatic nitrogens is 2. The number of anilines is 1. The Morgan fingerprint density at radius 2 is 0.831 bits per heavy atom. The molecule has 4 nitrogen and oxygen atoms in total. The highest BCUT2D eigenvalue weighted by Crippen LogP contribution is 2.42. The van der Waals surface area contributed by atoms with Crippen molar-refractivity contribution in [3.05, 3.63) is 235 Å². The lowest BCUT2D eigenvalue weighted by atomic mass is 9.94. The number of para-hydroxylation sites is 2. The molecular formula is C55H42N4. The number of nitrogens with zero attached hydrogens (tertiary/aromatic N) is 4. The second-order valence-corrected chi connectivity index (χ2v) is 14.9. The number of hydrogen-bond donors (Lipinski definition) is 0. The molecule has 0 radical (unpaired) electrons. The van der Waals surface area contributed by atoms with Crippen LogP contribution in [-0.4, -0.2) is 28.5 Å². The summed E-state index contributed by atoms with van der Waals surface area (Å²) in [6, 6.07) is 73.7. The van der Waals surface area contributed by atoms with Crippen LogP contribution in [0.3, 0.4) is 0 Å². The van der Waals surface area contributed by atoms with Crippen LogP contribution in [0.15, 0.2) is 224 Å². The lowest BCUT2D eigenvalue weighted by Gasteiger charge is -2.27. The van der Waals surface area contributed by atoms with Gasteiger partial charge in [-0.15, -0.1) is 0 Å². The summed E-state index contributed by atoms with van der Waals surface area (Å²) in [5.74, 6) is 1.91. The smallest absolute Gasteiger partial charge is 0.144 e. The quantitative estimate of drug-likeness (QED) is 0.139. The van der Waals surface area contributed by atoms with E-state index in [4.69, 9.17) is 9.98 Å². The van der Waals surface area contributed by atoms with Crippen molar-refractivity contribution < 1.29 is 0 Å². The van der Waals surface area contributed by atoms with Gasteiger partial charge in [-0.25, -0.2) is 4.98 Å². The molecule has 0 amide bonds. The first-order valence-corrected chi connectivity index (χ1v) is 20.3. The van der Waals surface area contributed by atoms with Crippen molar-refractivity contribution in [1.29, 1.82) is 0 Å².